The summed E-state index contributed by atoms with van der Waals surface area (Å²) in [6.45, 7) is 19.7. The molecule has 7 heteroatoms. The minimum atomic E-state index is -1.17. The van der Waals surface area contributed by atoms with E-state index < -0.39 is 22.8 Å². The Kier molecular flexibility index (Phi) is 9.87. The van der Waals surface area contributed by atoms with E-state index >= 15 is 0 Å². The summed E-state index contributed by atoms with van der Waals surface area (Å²) in [5, 5.41) is 10.4. The normalized spacial score (nSPS) is 37.5. The number of carbonyl (C=O) groups is 4. The topological polar surface area (TPSA) is 97.7 Å². The first kappa shape index (κ1) is 40.5. The summed E-state index contributed by atoms with van der Waals surface area (Å²) < 4.78 is 6.18. The summed E-state index contributed by atoms with van der Waals surface area (Å²) in [5.41, 5.74) is 1.60. The van der Waals surface area contributed by atoms with Gasteiger partial charge >= 0.3 is 11.9 Å². The molecule has 6 nitrogen and oxygen atoms in total. The molecule has 0 aliphatic heterocycles. The number of hydrogen-bond acceptors (Lipinski definition) is 5. The van der Waals surface area contributed by atoms with Gasteiger partial charge in [-0.05, 0) is 147 Å². The number of aliphatic carboxylic acids is 1. The van der Waals surface area contributed by atoms with Crippen molar-refractivity contribution in [1.29, 1.82) is 0 Å². The average Bonchev–Trinajstić information content (AvgIpc) is 3.79. The molecule has 1 N–H and O–H groups in total. The molecule has 7 rings (SSSR count). The van der Waals surface area contributed by atoms with Crippen molar-refractivity contribution in [3.8, 4) is 0 Å². The zero-order chi connectivity index (χ0) is 40.1. The lowest BCUT2D eigenvalue weighted by Gasteiger charge is -2.72. The van der Waals surface area contributed by atoms with Crippen molar-refractivity contribution in [3.63, 3.8) is 0 Å². The molecule has 300 valence electrons. The minimum Gasteiger partial charge on any atom is -0.481 e. The Morgan fingerprint density at radius 2 is 1.60 bits per heavy atom. The van der Waals surface area contributed by atoms with E-state index in [4.69, 9.17) is 16.3 Å². The fourth-order valence-electron chi connectivity index (χ4n) is 13.9. The molecule has 55 heavy (non-hydrogen) atoms. The number of carboxylic acid groups (broad SMARTS) is 1. The Balaban J connectivity index is 1.15. The van der Waals surface area contributed by atoms with E-state index in [1.807, 2.05) is 24.3 Å². The Hall–Kier alpha value is -2.73. The standard InChI is InChI=1S/C48H65ClO6/c1-29(2)39-34(51)27-48(21-16-30(50)26-47(24-25-47)31-12-10-11-13-33(31)49)23-22-45(8)32(40(39)48)14-15-36-44(7)19-18-37(55-38(52)28-42(3,4)41(53)54)43(5,6)35(44)17-20-46(36,45)9/h10-13,16,21,29,32,35-37H,14-15,17-20,22-28H2,1-9H3,(H,53,54)/b21-16+/t32-,35+,36-,37+,44+,45-,46-,48+/m1/s1. The zero-order valence-corrected chi connectivity index (χ0v) is 35.7. The lowest BCUT2D eigenvalue weighted by molar-refractivity contribution is -0.232. The van der Waals surface area contributed by atoms with Crippen LogP contribution in [0.3, 0.4) is 0 Å². The highest BCUT2D eigenvalue weighted by Crippen LogP contribution is 2.77. The lowest BCUT2D eigenvalue weighted by Crippen LogP contribution is -2.65. The number of fused-ring (bicyclic) bond motifs is 7. The van der Waals surface area contributed by atoms with E-state index in [2.05, 4.69) is 60.6 Å². The van der Waals surface area contributed by atoms with Crippen LogP contribution in [-0.2, 0) is 29.3 Å². The van der Waals surface area contributed by atoms with Crippen LogP contribution in [0.1, 0.15) is 151 Å². The number of allylic oxidation sites excluding steroid dienone is 4. The fraction of sp³-hybridized carbons (Fsp3) is 0.708. The van der Waals surface area contributed by atoms with Crippen LogP contribution in [0.2, 0.25) is 5.02 Å². The van der Waals surface area contributed by atoms with Crippen LogP contribution in [0.15, 0.2) is 47.6 Å². The number of carboxylic acids is 1. The maximum atomic E-state index is 14.1. The first-order valence-electron chi connectivity index (χ1n) is 21.2. The van der Waals surface area contributed by atoms with Crippen LogP contribution < -0.4 is 0 Å². The molecule has 1 aromatic carbocycles. The first-order valence-corrected chi connectivity index (χ1v) is 21.6. The fourth-order valence-corrected chi connectivity index (χ4v) is 14.2. The molecule has 5 fully saturated rings. The molecule has 0 heterocycles. The van der Waals surface area contributed by atoms with Crippen molar-refractivity contribution < 1.29 is 29.0 Å². The van der Waals surface area contributed by atoms with Crippen molar-refractivity contribution in [3.05, 3.63) is 58.1 Å². The molecular weight excluding hydrogens is 708 g/mol. The van der Waals surface area contributed by atoms with Gasteiger partial charge in [0.15, 0.2) is 11.6 Å². The third-order valence-corrected chi connectivity index (χ3v) is 17.6. The number of hydrogen-bond donors (Lipinski definition) is 1. The highest BCUT2D eigenvalue weighted by atomic mass is 35.5. The van der Waals surface area contributed by atoms with Gasteiger partial charge in [0.25, 0.3) is 0 Å². The SMILES string of the molecule is CC(C)C1=C2[C@H]3CC[C@@H]4[C@@]5(C)CC[C@H](OC(=O)CC(C)(C)C(=O)O)C(C)(C)[C@@H]5CC[C@@]4(C)[C@]3(C)CC[C@@]2(/C=C/C(=O)CC2(c3ccccc3Cl)CC2)CC1=O. The van der Waals surface area contributed by atoms with E-state index in [0.29, 0.717) is 24.7 Å². The molecular formula is C48H65ClO6. The maximum absolute atomic E-state index is 14.1. The average molecular weight is 773 g/mol. The predicted octanol–water partition coefficient (Wildman–Crippen LogP) is 11.3. The molecule has 1 aromatic rings. The van der Waals surface area contributed by atoms with Crippen LogP contribution in [0.4, 0.5) is 0 Å². The predicted molar refractivity (Wildman–Crippen MR) is 216 cm³/mol. The Bertz CT molecular complexity index is 1850. The van der Waals surface area contributed by atoms with Crippen LogP contribution in [0.25, 0.3) is 0 Å². The number of ether oxygens (including phenoxy) is 1. The lowest BCUT2D eigenvalue weighted by atomic mass is 9.33. The van der Waals surface area contributed by atoms with E-state index in [1.54, 1.807) is 13.8 Å². The van der Waals surface area contributed by atoms with Gasteiger partial charge in [-0.1, -0.05) is 84.3 Å². The zero-order valence-electron chi connectivity index (χ0n) is 34.9. The molecule has 6 aliphatic rings. The number of halogens is 1. The van der Waals surface area contributed by atoms with E-state index in [9.17, 15) is 24.3 Å². The molecule has 5 saturated carbocycles. The monoisotopic (exact) mass is 772 g/mol. The van der Waals surface area contributed by atoms with E-state index in [1.165, 1.54) is 5.57 Å². The van der Waals surface area contributed by atoms with Gasteiger partial charge in [-0.25, -0.2) is 0 Å². The van der Waals surface area contributed by atoms with Gasteiger partial charge in [-0.3, -0.25) is 19.2 Å². The van der Waals surface area contributed by atoms with Gasteiger partial charge in [0.1, 0.15) is 6.10 Å². The smallest absolute Gasteiger partial charge is 0.309 e. The number of carbonyl (C=O) groups excluding carboxylic acids is 3. The summed E-state index contributed by atoms with van der Waals surface area (Å²) in [7, 11) is 0. The second kappa shape index (κ2) is 13.4. The molecule has 0 unspecified atom stereocenters. The molecule has 8 atom stereocenters. The van der Waals surface area contributed by atoms with Crippen molar-refractivity contribution in [2.75, 3.05) is 0 Å². The summed E-state index contributed by atoms with van der Waals surface area (Å²) in [4.78, 5) is 52.8. The molecule has 0 radical (unpaired) electrons. The third kappa shape index (κ3) is 6.24. The number of benzene rings is 1. The van der Waals surface area contributed by atoms with E-state index in [-0.39, 0.29) is 63.0 Å². The number of esters is 1. The number of Topliss-reactive ketones (excluding diaryl/α,β-unsaturated/α-hetero) is 1. The van der Waals surface area contributed by atoms with Gasteiger partial charge < -0.3 is 9.84 Å². The highest BCUT2D eigenvalue weighted by molar-refractivity contribution is 6.31. The molecule has 0 bridgehead atoms. The Morgan fingerprint density at radius 1 is 0.909 bits per heavy atom. The summed E-state index contributed by atoms with van der Waals surface area (Å²) in [6.07, 6.45) is 14.4. The van der Waals surface area contributed by atoms with Gasteiger partial charge in [0, 0.05) is 34.1 Å². The molecule has 0 saturated heterocycles. The highest BCUT2D eigenvalue weighted by Gasteiger charge is 2.70. The largest absolute Gasteiger partial charge is 0.481 e. The van der Waals surface area contributed by atoms with Crippen molar-refractivity contribution >= 4 is 35.1 Å². The second-order valence-corrected chi connectivity index (χ2v) is 21.7. The number of ketones is 2. The molecule has 0 aromatic heterocycles. The quantitative estimate of drug-likeness (QED) is 0.188. The van der Waals surface area contributed by atoms with Crippen LogP contribution in [0, 0.1) is 56.2 Å². The van der Waals surface area contributed by atoms with Gasteiger partial charge in [0.05, 0.1) is 11.8 Å². The van der Waals surface area contributed by atoms with Gasteiger partial charge in [-0.2, -0.15) is 0 Å². The Labute approximate surface area is 334 Å². The first-order chi connectivity index (χ1) is 25.6. The third-order valence-electron chi connectivity index (χ3n) is 17.3. The summed E-state index contributed by atoms with van der Waals surface area (Å²) >= 11 is 6.61. The minimum absolute atomic E-state index is 0.00331. The Morgan fingerprint density at radius 3 is 2.24 bits per heavy atom. The summed E-state index contributed by atoms with van der Waals surface area (Å²) in [5.74, 6) is 0.258. The second-order valence-electron chi connectivity index (χ2n) is 21.3. The van der Waals surface area contributed by atoms with Crippen LogP contribution in [-0.4, -0.2) is 34.7 Å². The maximum Gasteiger partial charge on any atom is 0.309 e. The van der Waals surface area contributed by atoms with Crippen molar-refractivity contribution in [2.45, 2.75) is 157 Å². The van der Waals surface area contributed by atoms with Crippen LogP contribution in [0.5, 0.6) is 0 Å². The molecule has 6 aliphatic carbocycles. The summed E-state index contributed by atoms with van der Waals surface area (Å²) in [6, 6.07) is 7.93. The van der Waals surface area contributed by atoms with Crippen molar-refractivity contribution in [1.82, 2.24) is 0 Å². The van der Waals surface area contributed by atoms with Gasteiger partial charge in [0.2, 0.25) is 0 Å². The van der Waals surface area contributed by atoms with Crippen LogP contribution >= 0.6 is 11.6 Å². The van der Waals surface area contributed by atoms with Gasteiger partial charge in [-0.15, -0.1) is 0 Å². The number of rotatable bonds is 10. The molecule has 0 spiro atoms. The molecule has 0 amide bonds. The van der Waals surface area contributed by atoms with E-state index in [0.717, 1.165) is 80.4 Å². The van der Waals surface area contributed by atoms with Crippen molar-refractivity contribution in [2.24, 2.45) is 56.2 Å².